The third-order valence-electron chi connectivity index (χ3n) is 4.32. The smallest absolute Gasteiger partial charge is 0.355 e. The number of carbonyl (C=O) groups is 2. The number of nitrogens with zero attached hydrogens (tertiary/aromatic N) is 1. The molecule has 0 amide bonds. The van der Waals surface area contributed by atoms with Crippen LogP contribution in [0.3, 0.4) is 0 Å². The third-order valence-corrected chi connectivity index (χ3v) is 5.71. The van der Waals surface area contributed by atoms with Gasteiger partial charge < -0.3 is 19.1 Å². The highest BCUT2D eigenvalue weighted by Gasteiger charge is 2.32. The van der Waals surface area contributed by atoms with Gasteiger partial charge in [0.25, 0.3) is 10.0 Å². The molecule has 10 heteroatoms. The minimum atomic E-state index is -3.80. The minimum Gasteiger partial charge on any atom is -0.466 e. The molecule has 9 nitrogen and oxygen atoms in total. The maximum Gasteiger partial charge on any atom is 0.355 e. The van der Waals surface area contributed by atoms with Crippen molar-refractivity contribution in [1.29, 1.82) is 0 Å². The second kappa shape index (κ2) is 8.97. The predicted octanol–water partition coefficient (Wildman–Crippen LogP) is 1.88. The normalized spacial score (nSPS) is 14.3. The lowest BCUT2D eigenvalue weighted by atomic mass is 10.1. The number of para-hydroxylation sites is 1. The highest BCUT2D eigenvalue weighted by Crippen LogP contribution is 2.28. The number of benzene rings is 2. The van der Waals surface area contributed by atoms with E-state index in [1.807, 2.05) is 0 Å². The highest BCUT2D eigenvalue weighted by molar-refractivity contribution is 7.92. The van der Waals surface area contributed by atoms with Crippen LogP contribution in [0.4, 0.5) is 11.4 Å². The van der Waals surface area contributed by atoms with Crippen LogP contribution in [0, 0.1) is 0 Å². The van der Waals surface area contributed by atoms with E-state index in [-0.39, 0.29) is 29.5 Å². The predicted molar refractivity (Wildman–Crippen MR) is 108 cm³/mol. The Morgan fingerprint density at radius 2 is 1.60 bits per heavy atom. The van der Waals surface area contributed by atoms with E-state index in [4.69, 9.17) is 14.2 Å². The van der Waals surface area contributed by atoms with Crippen LogP contribution in [0.5, 0.6) is 0 Å². The van der Waals surface area contributed by atoms with Crippen LogP contribution in [-0.4, -0.2) is 47.9 Å². The number of hydrogen-bond acceptors (Lipinski definition) is 8. The first-order valence-corrected chi connectivity index (χ1v) is 10.3. The van der Waals surface area contributed by atoms with Gasteiger partial charge in [-0.3, -0.25) is 4.72 Å². The summed E-state index contributed by atoms with van der Waals surface area (Å²) < 4.78 is 42.6. The second-order valence-electron chi connectivity index (χ2n) is 6.18. The molecule has 1 N–H and O–H groups in total. The van der Waals surface area contributed by atoms with Crippen molar-refractivity contribution < 1.29 is 32.2 Å². The summed E-state index contributed by atoms with van der Waals surface area (Å²) in [5.74, 6) is -1.45. The second-order valence-corrected chi connectivity index (χ2v) is 7.86. The zero-order valence-corrected chi connectivity index (χ0v) is 17.1. The fourth-order valence-electron chi connectivity index (χ4n) is 2.87. The van der Waals surface area contributed by atoms with Crippen molar-refractivity contribution in [3.8, 4) is 0 Å². The molecule has 3 rings (SSSR count). The molecule has 2 aromatic carbocycles. The molecule has 0 aliphatic carbocycles. The lowest BCUT2D eigenvalue weighted by Crippen LogP contribution is -2.38. The van der Waals surface area contributed by atoms with Crippen LogP contribution in [0.1, 0.15) is 0 Å². The maximum absolute atomic E-state index is 12.6. The van der Waals surface area contributed by atoms with Gasteiger partial charge in [-0.15, -0.1) is 0 Å². The average Bonchev–Trinajstić information content (AvgIpc) is 2.78. The van der Waals surface area contributed by atoms with Gasteiger partial charge >= 0.3 is 11.9 Å². The lowest BCUT2D eigenvalue weighted by Gasteiger charge is -2.31. The van der Waals surface area contributed by atoms with Gasteiger partial charge in [0, 0.05) is 11.4 Å². The molecule has 0 unspecified atom stereocenters. The molecule has 0 radical (unpaired) electrons. The van der Waals surface area contributed by atoms with Crippen molar-refractivity contribution in [3.63, 3.8) is 0 Å². The van der Waals surface area contributed by atoms with Gasteiger partial charge in [0.2, 0.25) is 0 Å². The summed E-state index contributed by atoms with van der Waals surface area (Å²) >= 11 is 0. The summed E-state index contributed by atoms with van der Waals surface area (Å²) in [6.45, 7) is -0.139. The molecule has 0 spiro atoms. The van der Waals surface area contributed by atoms with Gasteiger partial charge in [-0.1, -0.05) is 18.2 Å². The SMILES string of the molecule is COC(=O)C1=C(C(=O)OC)N(c2ccc(S(=O)(=O)Nc3ccccc3)cc2)COC1. The van der Waals surface area contributed by atoms with Crippen molar-refractivity contribution in [2.45, 2.75) is 4.90 Å². The standard InChI is InChI=1S/C20H20N2O7S/c1-27-19(23)17-12-29-13-22(18(17)20(24)28-2)15-8-10-16(11-9-15)30(25,26)21-14-6-4-3-5-7-14/h3-11,21H,12-13H2,1-2H3. The van der Waals surface area contributed by atoms with E-state index in [2.05, 4.69) is 4.72 Å². The summed E-state index contributed by atoms with van der Waals surface area (Å²) in [4.78, 5) is 25.8. The summed E-state index contributed by atoms with van der Waals surface area (Å²) in [6.07, 6.45) is 0. The molecule has 158 valence electrons. The van der Waals surface area contributed by atoms with E-state index >= 15 is 0 Å². The zero-order chi connectivity index (χ0) is 21.7. The van der Waals surface area contributed by atoms with E-state index in [1.165, 1.54) is 43.4 Å². The van der Waals surface area contributed by atoms with E-state index < -0.39 is 22.0 Å². The first kappa shape index (κ1) is 21.3. The van der Waals surface area contributed by atoms with Crippen LogP contribution in [0.2, 0.25) is 0 Å². The van der Waals surface area contributed by atoms with Crippen molar-refractivity contribution in [1.82, 2.24) is 0 Å². The Balaban J connectivity index is 1.92. The fraction of sp³-hybridized carbons (Fsp3) is 0.200. The molecule has 0 fully saturated rings. The zero-order valence-electron chi connectivity index (χ0n) is 16.3. The van der Waals surface area contributed by atoms with Crippen LogP contribution in [0.25, 0.3) is 0 Å². The molecule has 0 saturated carbocycles. The Labute approximate surface area is 173 Å². The minimum absolute atomic E-state index is 0.0121. The van der Waals surface area contributed by atoms with E-state index in [0.717, 1.165) is 0 Å². The number of nitrogens with one attached hydrogen (secondary N) is 1. The van der Waals surface area contributed by atoms with Gasteiger partial charge in [-0.25, -0.2) is 18.0 Å². The quantitative estimate of drug-likeness (QED) is 0.689. The number of esters is 2. The molecule has 0 saturated heterocycles. The monoisotopic (exact) mass is 432 g/mol. The van der Waals surface area contributed by atoms with E-state index in [1.54, 1.807) is 30.3 Å². The van der Waals surface area contributed by atoms with Crippen LogP contribution < -0.4 is 9.62 Å². The largest absolute Gasteiger partial charge is 0.466 e. The van der Waals surface area contributed by atoms with Crippen LogP contribution in [0.15, 0.2) is 70.8 Å². The van der Waals surface area contributed by atoms with Gasteiger partial charge in [0.05, 0.1) is 31.3 Å². The number of anilines is 2. The van der Waals surface area contributed by atoms with Gasteiger partial charge in [-0.05, 0) is 36.4 Å². The van der Waals surface area contributed by atoms with Crippen molar-refractivity contribution in [2.24, 2.45) is 0 Å². The molecule has 0 atom stereocenters. The number of sulfonamides is 1. The molecule has 1 heterocycles. The average molecular weight is 432 g/mol. The number of carbonyl (C=O) groups excluding carboxylic acids is 2. The van der Waals surface area contributed by atoms with Crippen LogP contribution >= 0.6 is 0 Å². The summed E-state index contributed by atoms with van der Waals surface area (Å²) in [5.41, 5.74) is 0.867. The molecule has 0 aromatic heterocycles. The summed E-state index contributed by atoms with van der Waals surface area (Å²) in [7, 11) is -1.41. The fourth-order valence-corrected chi connectivity index (χ4v) is 3.93. The van der Waals surface area contributed by atoms with Gasteiger partial charge in [-0.2, -0.15) is 0 Å². The summed E-state index contributed by atoms with van der Waals surface area (Å²) in [5, 5.41) is 0. The Hall–Kier alpha value is -3.37. The number of ether oxygens (including phenoxy) is 3. The van der Waals surface area contributed by atoms with Crippen molar-refractivity contribution >= 4 is 33.3 Å². The van der Waals surface area contributed by atoms with E-state index in [9.17, 15) is 18.0 Å². The molecule has 1 aliphatic rings. The Morgan fingerprint density at radius 3 is 2.20 bits per heavy atom. The number of rotatable bonds is 6. The third kappa shape index (κ3) is 4.44. The molecule has 30 heavy (non-hydrogen) atoms. The highest BCUT2D eigenvalue weighted by atomic mass is 32.2. The van der Waals surface area contributed by atoms with Crippen LogP contribution in [-0.2, 0) is 33.8 Å². The Bertz CT molecular complexity index is 1060. The van der Waals surface area contributed by atoms with Crippen molar-refractivity contribution in [3.05, 3.63) is 65.9 Å². The van der Waals surface area contributed by atoms with Gasteiger partial charge in [0.1, 0.15) is 12.4 Å². The molecular weight excluding hydrogens is 412 g/mol. The topological polar surface area (TPSA) is 111 Å². The Morgan fingerprint density at radius 1 is 0.967 bits per heavy atom. The first-order chi connectivity index (χ1) is 14.4. The molecule has 2 aromatic rings. The lowest BCUT2D eigenvalue weighted by molar-refractivity contribution is -0.140. The summed E-state index contributed by atoms with van der Waals surface area (Å²) in [6, 6.07) is 14.3. The molecule has 0 bridgehead atoms. The van der Waals surface area contributed by atoms with Crippen molar-refractivity contribution in [2.75, 3.05) is 37.2 Å². The molecule has 1 aliphatic heterocycles. The van der Waals surface area contributed by atoms with E-state index in [0.29, 0.717) is 11.4 Å². The maximum atomic E-state index is 12.6. The number of hydrogen-bond donors (Lipinski definition) is 1. The number of methoxy groups -OCH3 is 2. The van der Waals surface area contributed by atoms with Gasteiger partial charge in [0.15, 0.2) is 0 Å². The first-order valence-electron chi connectivity index (χ1n) is 8.80. The molecular formula is C20H20N2O7S. The Kier molecular flexibility index (Phi) is 6.38.